The van der Waals surface area contributed by atoms with Crippen molar-refractivity contribution in [3.8, 4) is 12.3 Å². The highest BCUT2D eigenvalue weighted by molar-refractivity contribution is 6.42. The second kappa shape index (κ2) is 7.66. The highest BCUT2D eigenvalue weighted by Gasteiger charge is 2.17. The van der Waals surface area contributed by atoms with E-state index in [4.69, 9.17) is 35.4 Å². The Morgan fingerprint density at radius 2 is 2.17 bits per heavy atom. The number of benzene rings is 1. The molecule has 98 valence electrons. The molecule has 1 aromatic rings. The van der Waals surface area contributed by atoms with Crippen LogP contribution in [0.25, 0.3) is 0 Å². The molecule has 0 heterocycles. The standard InChI is InChI=1S/C14H18Cl2N2/c1-3-6-10(4-2)18-13(9-17)11-7-5-8-12(15)14(11)16/h2,5,7-8,10,13,18H,3,6,9,17H2,1H3. The lowest BCUT2D eigenvalue weighted by Crippen LogP contribution is -2.36. The van der Waals surface area contributed by atoms with Gasteiger partial charge in [0.05, 0.1) is 16.1 Å². The highest BCUT2D eigenvalue weighted by Crippen LogP contribution is 2.29. The lowest BCUT2D eigenvalue weighted by Gasteiger charge is -2.22. The Labute approximate surface area is 119 Å². The first-order valence-electron chi connectivity index (χ1n) is 6.00. The van der Waals surface area contributed by atoms with E-state index >= 15 is 0 Å². The van der Waals surface area contributed by atoms with Gasteiger partial charge < -0.3 is 5.73 Å². The number of halogens is 2. The maximum absolute atomic E-state index is 6.19. The van der Waals surface area contributed by atoms with Crippen molar-refractivity contribution in [3.05, 3.63) is 33.8 Å². The van der Waals surface area contributed by atoms with E-state index in [0.717, 1.165) is 18.4 Å². The molecule has 0 aliphatic heterocycles. The molecule has 4 heteroatoms. The van der Waals surface area contributed by atoms with E-state index in [1.807, 2.05) is 12.1 Å². The summed E-state index contributed by atoms with van der Waals surface area (Å²) in [7, 11) is 0. The fourth-order valence-electron chi connectivity index (χ4n) is 1.82. The number of nitrogens with two attached hydrogens (primary N) is 1. The van der Waals surface area contributed by atoms with Crippen molar-refractivity contribution in [1.29, 1.82) is 0 Å². The van der Waals surface area contributed by atoms with Crippen molar-refractivity contribution in [1.82, 2.24) is 5.32 Å². The number of nitrogens with one attached hydrogen (secondary N) is 1. The molecule has 2 unspecified atom stereocenters. The van der Waals surface area contributed by atoms with Gasteiger partial charge in [0.2, 0.25) is 0 Å². The fourth-order valence-corrected chi connectivity index (χ4v) is 2.26. The zero-order valence-electron chi connectivity index (χ0n) is 10.4. The van der Waals surface area contributed by atoms with Crippen molar-refractivity contribution in [2.45, 2.75) is 31.8 Å². The first-order chi connectivity index (χ1) is 8.63. The van der Waals surface area contributed by atoms with Gasteiger partial charge in [0, 0.05) is 12.6 Å². The van der Waals surface area contributed by atoms with Gasteiger partial charge in [-0.2, -0.15) is 0 Å². The summed E-state index contributed by atoms with van der Waals surface area (Å²) >= 11 is 12.2. The van der Waals surface area contributed by atoms with Gasteiger partial charge >= 0.3 is 0 Å². The molecule has 0 aromatic heterocycles. The summed E-state index contributed by atoms with van der Waals surface area (Å²) in [6.45, 7) is 2.51. The van der Waals surface area contributed by atoms with Crippen molar-refractivity contribution in [2.24, 2.45) is 5.73 Å². The third-order valence-corrected chi connectivity index (χ3v) is 3.61. The van der Waals surface area contributed by atoms with Crippen molar-refractivity contribution in [3.63, 3.8) is 0 Å². The van der Waals surface area contributed by atoms with E-state index < -0.39 is 0 Å². The minimum absolute atomic E-state index is 0.00130. The van der Waals surface area contributed by atoms with Crippen LogP contribution in [-0.2, 0) is 0 Å². The Morgan fingerprint density at radius 3 is 2.72 bits per heavy atom. The Morgan fingerprint density at radius 1 is 1.44 bits per heavy atom. The quantitative estimate of drug-likeness (QED) is 0.786. The zero-order chi connectivity index (χ0) is 13.5. The molecular formula is C14H18Cl2N2. The Balaban J connectivity index is 2.89. The lowest BCUT2D eigenvalue weighted by molar-refractivity contribution is 0.475. The first kappa shape index (κ1) is 15.3. The molecule has 2 nitrogen and oxygen atoms in total. The van der Waals surface area contributed by atoms with E-state index in [1.54, 1.807) is 6.07 Å². The highest BCUT2D eigenvalue weighted by atomic mass is 35.5. The van der Waals surface area contributed by atoms with Gasteiger partial charge in [-0.15, -0.1) is 6.42 Å². The van der Waals surface area contributed by atoms with Crippen LogP contribution in [0.5, 0.6) is 0 Å². The Bertz CT molecular complexity index is 426. The third kappa shape index (κ3) is 3.90. The predicted molar refractivity (Wildman–Crippen MR) is 78.9 cm³/mol. The maximum atomic E-state index is 6.19. The molecule has 0 saturated heterocycles. The smallest absolute Gasteiger partial charge is 0.0692 e. The maximum Gasteiger partial charge on any atom is 0.0692 e. The average Bonchev–Trinajstić information content (AvgIpc) is 2.38. The summed E-state index contributed by atoms with van der Waals surface area (Å²) in [5.41, 5.74) is 6.68. The van der Waals surface area contributed by atoms with Crippen LogP contribution in [0, 0.1) is 12.3 Å². The van der Waals surface area contributed by atoms with E-state index in [0.29, 0.717) is 16.6 Å². The molecule has 18 heavy (non-hydrogen) atoms. The van der Waals surface area contributed by atoms with Gasteiger partial charge in [0.1, 0.15) is 0 Å². The van der Waals surface area contributed by atoms with Gasteiger partial charge in [0.25, 0.3) is 0 Å². The van der Waals surface area contributed by atoms with Gasteiger partial charge in [-0.05, 0) is 18.1 Å². The molecule has 0 saturated carbocycles. The second-order valence-electron chi connectivity index (χ2n) is 4.11. The minimum atomic E-state index is -0.0798. The topological polar surface area (TPSA) is 38.0 Å². The molecule has 1 aromatic carbocycles. The van der Waals surface area contributed by atoms with Crippen LogP contribution in [0.1, 0.15) is 31.4 Å². The van der Waals surface area contributed by atoms with Crippen molar-refractivity contribution >= 4 is 23.2 Å². The normalized spacial score (nSPS) is 13.9. The molecule has 0 amide bonds. The third-order valence-electron chi connectivity index (χ3n) is 2.77. The van der Waals surface area contributed by atoms with Crippen molar-refractivity contribution in [2.75, 3.05) is 6.54 Å². The summed E-state index contributed by atoms with van der Waals surface area (Å²) in [6, 6.07) is 5.45. The van der Waals surface area contributed by atoms with Crippen LogP contribution in [0.2, 0.25) is 10.0 Å². The van der Waals surface area contributed by atoms with Gasteiger partial charge in [-0.1, -0.05) is 54.6 Å². The first-order valence-corrected chi connectivity index (χ1v) is 6.75. The summed E-state index contributed by atoms with van der Waals surface area (Å²) in [5, 5.41) is 4.40. The van der Waals surface area contributed by atoms with Crippen LogP contribution in [-0.4, -0.2) is 12.6 Å². The average molecular weight is 285 g/mol. The van der Waals surface area contributed by atoms with Gasteiger partial charge in [-0.25, -0.2) is 0 Å². The molecule has 1 rings (SSSR count). The van der Waals surface area contributed by atoms with E-state index in [-0.39, 0.29) is 12.1 Å². The van der Waals surface area contributed by atoms with Gasteiger partial charge in [0.15, 0.2) is 0 Å². The van der Waals surface area contributed by atoms with Gasteiger partial charge in [-0.3, -0.25) is 5.32 Å². The second-order valence-corrected chi connectivity index (χ2v) is 4.89. The monoisotopic (exact) mass is 284 g/mol. The molecule has 0 radical (unpaired) electrons. The van der Waals surface area contributed by atoms with Crippen LogP contribution in [0.3, 0.4) is 0 Å². The molecule has 0 bridgehead atoms. The zero-order valence-corrected chi connectivity index (χ0v) is 11.9. The molecule has 0 aliphatic rings. The summed E-state index contributed by atoms with van der Waals surface area (Å²) in [4.78, 5) is 0. The predicted octanol–water partition coefficient (Wildman–Crippen LogP) is 3.38. The van der Waals surface area contributed by atoms with E-state index in [9.17, 15) is 0 Å². The van der Waals surface area contributed by atoms with Crippen LogP contribution in [0.15, 0.2) is 18.2 Å². The molecule has 0 aliphatic carbocycles. The largest absolute Gasteiger partial charge is 0.329 e. The molecule has 0 spiro atoms. The Hall–Kier alpha value is -0.720. The minimum Gasteiger partial charge on any atom is -0.329 e. The number of terminal acetylenes is 1. The molecule has 2 atom stereocenters. The van der Waals surface area contributed by atoms with Crippen molar-refractivity contribution < 1.29 is 0 Å². The SMILES string of the molecule is C#CC(CCC)NC(CN)c1cccc(Cl)c1Cl. The lowest BCUT2D eigenvalue weighted by atomic mass is 10.0. The number of hydrogen-bond donors (Lipinski definition) is 2. The summed E-state index contributed by atoms with van der Waals surface area (Å²) in [6.07, 6.45) is 7.42. The number of hydrogen-bond acceptors (Lipinski definition) is 2. The molecular weight excluding hydrogens is 267 g/mol. The summed E-state index contributed by atoms with van der Waals surface area (Å²) in [5.74, 6) is 2.73. The van der Waals surface area contributed by atoms with Crippen LogP contribution < -0.4 is 11.1 Å². The fraction of sp³-hybridized carbons (Fsp3) is 0.429. The van der Waals surface area contributed by atoms with E-state index in [2.05, 4.69) is 18.2 Å². The molecule has 3 N–H and O–H groups in total. The summed E-state index contributed by atoms with van der Waals surface area (Å²) < 4.78 is 0. The molecule has 0 fully saturated rings. The van der Waals surface area contributed by atoms with Crippen LogP contribution in [0.4, 0.5) is 0 Å². The van der Waals surface area contributed by atoms with Crippen LogP contribution >= 0.6 is 23.2 Å². The number of rotatable bonds is 6. The Kier molecular flexibility index (Phi) is 6.52. The van der Waals surface area contributed by atoms with E-state index in [1.165, 1.54) is 0 Å².